The molecule has 14 heavy (non-hydrogen) atoms. The van der Waals surface area contributed by atoms with E-state index < -0.39 is 0 Å². The van der Waals surface area contributed by atoms with E-state index in [2.05, 4.69) is 33.2 Å². The Balaban J connectivity index is 2.10. The van der Waals surface area contributed by atoms with Crippen molar-refractivity contribution in [2.45, 2.75) is 6.42 Å². The molecule has 3 rings (SSSR count). The first-order chi connectivity index (χ1) is 6.93. The van der Waals surface area contributed by atoms with E-state index in [1.807, 2.05) is 12.1 Å². The van der Waals surface area contributed by atoms with Gasteiger partial charge < -0.3 is 5.43 Å². The standard InChI is InChI=1S/C10H10N4/c1-2-4-8-7(3-1)5-9-10(14-13-8)6-11-12-9/h1-4,6,13-14H,5H2,(H,11,12). The van der Waals surface area contributed by atoms with E-state index in [0.29, 0.717) is 0 Å². The first kappa shape index (κ1) is 7.44. The van der Waals surface area contributed by atoms with Crippen LogP contribution in [0.3, 0.4) is 0 Å². The lowest BCUT2D eigenvalue weighted by Crippen LogP contribution is -2.07. The zero-order valence-electron chi connectivity index (χ0n) is 7.54. The van der Waals surface area contributed by atoms with Gasteiger partial charge in [-0.1, -0.05) is 18.2 Å². The van der Waals surface area contributed by atoms with Crippen molar-refractivity contribution in [2.75, 3.05) is 10.9 Å². The van der Waals surface area contributed by atoms with Crippen LogP contribution in [0.15, 0.2) is 30.5 Å². The third kappa shape index (κ3) is 1.04. The van der Waals surface area contributed by atoms with Gasteiger partial charge in [-0.2, -0.15) is 5.10 Å². The Bertz CT molecular complexity index is 461. The van der Waals surface area contributed by atoms with Crippen molar-refractivity contribution >= 4 is 11.4 Å². The highest BCUT2D eigenvalue weighted by atomic mass is 15.4. The molecule has 1 aliphatic rings. The highest BCUT2D eigenvalue weighted by Crippen LogP contribution is 2.25. The van der Waals surface area contributed by atoms with Crippen LogP contribution in [-0.4, -0.2) is 10.2 Å². The number of hydrogen-bond donors (Lipinski definition) is 3. The molecule has 0 radical (unpaired) electrons. The summed E-state index contributed by atoms with van der Waals surface area (Å²) in [6.07, 6.45) is 2.67. The van der Waals surface area contributed by atoms with Gasteiger partial charge in [-0.25, -0.2) is 0 Å². The molecular formula is C10H10N4. The number of nitrogens with zero attached hydrogens (tertiary/aromatic N) is 1. The molecule has 1 aromatic carbocycles. The summed E-state index contributed by atoms with van der Waals surface area (Å²) in [5, 5.41) is 6.98. The molecule has 0 atom stereocenters. The van der Waals surface area contributed by atoms with Gasteiger partial charge in [-0.3, -0.25) is 10.5 Å². The molecule has 0 saturated heterocycles. The van der Waals surface area contributed by atoms with Gasteiger partial charge in [0, 0.05) is 6.42 Å². The van der Waals surface area contributed by atoms with Crippen LogP contribution in [0.25, 0.3) is 0 Å². The highest BCUT2D eigenvalue weighted by Gasteiger charge is 2.12. The van der Waals surface area contributed by atoms with Crippen molar-refractivity contribution in [3.8, 4) is 0 Å². The molecule has 70 valence electrons. The van der Waals surface area contributed by atoms with Crippen molar-refractivity contribution in [1.29, 1.82) is 0 Å². The van der Waals surface area contributed by atoms with E-state index in [1.54, 1.807) is 6.20 Å². The zero-order valence-corrected chi connectivity index (χ0v) is 7.54. The third-order valence-corrected chi connectivity index (χ3v) is 2.43. The molecule has 1 aromatic heterocycles. The Labute approximate surface area is 81.3 Å². The molecule has 4 heteroatoms. The molecule has 2 aromatic rings. The van der Waals surface area contributed by atoms with Crippen LogP contribution in [0.4, 0.5) is 11.4 Å². The quantitative estimate of drug-likeness (QED) is 0.587. The third-order valence-electron chi connectivity index (χ3n) is 2.43. The van der Waals surface area contributed by atoms with E-state index >= 15 is 0 Å². The SMILES string of the molecule is c1ccc2c(c1)Cc1[nH]ncc1NN2. The minimum atomic E-state index is 0.880. The van der Waals surface area contributed by atoms with Gasteiger partial charge >= 0.3 is 0 Å². The van der Waals surface area contributed by atoms with Crippen molar-refractivity contribution in [3.63, 3.8) is 0 Å². The number of para-hydroxylation sites is 1. The van der Waals surface area contributed by atoms with Crippen LogP contribution in [-0.2, 0) is 6.42 Å². The van der Waals surface area contributed by atoms with Crippen molar-refractivity contribution in [1.82, 2.24) is 10.2 Å². The Morgan fingerprint density at radius 2 is 1.93 bits per heavy atom. The van der Waals surface area contributed by atoms with E-state index in [-0.39, 0.29) is 0 Å². The van der Waals surface area contributed by atoms with E-state index in [9.17, 15) is 0 Å². The maximum atomic E-state index is 3.99. The van der Waals surface area contributed by atoms with Gasteiger partial charge in [-0.15, -0.1) is 0 Å². The molecule has 4 nitrogen and oxygen atoms in total. The van der Waals surface area contributed by atoms with Gasteiger partial charge in [0.05, 0.1) is 23.3 Å². The number of aromatic amines is 1. The first-order valence-electron chi connectivity index (χ1n) is 4.55. The molecule has 0 amide bonds. The molecular weight excluding hydrogens is 176 g/mol. The summed E-state index contributed by atoms with van der Waals surface area (Å²) in [5.74, 6) is 0. The van der Waals surface area contributed by atoms with Crippen molar-refractivity contribution in [3.05, 3.63) is 41.7 Å². The lowest BCUT2D eigenvalue weighted by molar-refractivity contribution is 1.00. The largest absolute Gasteiger partial charge is 0.301 e. The zero-order chi connectivity index (χ0) is 9.38. The summed E-state index contributed by atoms with van der Waals surface area (Å²) >= 11 is 0. The molecule has 0 fully saturated rings. The summed E-state index contributed by atoms with van der Waals surface area (Å²) in [4.78, 5) is 0. The van der Waals surface area contributed by atoms with E-state index in [0.717, 1.165) is 23.5 Å². The second kappa shape index (κ2) is 2.77. The molecule has 0 aliphatic carbocycles. The molecule has 0 unspecified atom stereocenters. The topological polar surface area (TPSA) is 52.7 Å². The average Bonchev–Trinajstić information content (AvgIpc) is 2.58. The van der Waals surface area contributed by atoms with Crippen LogP contribution in [0.1, 0.15) is 11.3 Å². The second-order valence-corrected chi connectivity index (χ2v) is 3.35. The Morgan fingerprint density at radius 1 is 1.07 bits per heavy atom. The normalized spacial score (nSPS) is 13.1. The number of fused-ring (bicyclic) bond motifs is 2. The van der Waals surface area contributed by atoms with Gasteiger partial charge in [0.25, 0.3) is 0 Å². The van der Waals surface area contributed by atoms with Crippen LogP contribution in [0.5, 0.6) is 0 Å². The minimum absolute atomic E-state index is 0.880. The van der Waals surface area contributed by atoms with Gasteiger partial charge in [0.1, 0.15) is 0 Å². The number of benzene rings is 1. The maximum absolute atomic E-state index is 3.99. The minimum Gasteiger partial charge on any atom is -0.301 e. The molecule has 2 heterocycles. The molecule has 3 N–H and O–H groups in total. The number of rotatable bonds is 0. The molecule has 0 saturated carbocycles. The summed E-state index contributed by atoms with van der Waals surface area (Å²) in [6, 6.07) is 8.23. The highest BCUT2D eigenvalue weighted by molar-refractivity contribution is 5.62. The Morgan fingerprint density at radius 3 is 2.93 bits per heavy atom. The van der Waals surface area contributed by atoms with Crippen LogP contribution >= 0.6 is 0 Å². The van der Waals surface area contributed by atoms with Crippen molar-refractivity contribution in [2.24, 2.45) is 0 Å². The van der Waals surface area contributed by atoms with E-state index in [1.165, 1.54) is 5.56 Å². The van der Waals surface area contributed by atoms with Crippen LogP contribution in [0, 0.1) is 0 Å². The fourth-order valence-corrected chi connectivity index (χ4v) is 1.68. The smallest absolute Gasteiger partial charge is 0.0952 e. The number of hydrazine groups is 1. The van der Waals surface area contributed by atoms with Gasteiger partial charge in [0.15, 0.2) is 0 Å². The van der Waals surface area contributed by atoms with Gasteiger partial charge in [-0.05, 0) is 11.6 Å². The lowest BCUT2D eigenvalue weighted by atomic mass is 10.1. The maximum Gasteiger partial charge on any atom is 0.0952 e. The summed E-state index contributed by atoms with van der Waals surface area (Å²) in [7, 11) is 0. The number of anilines is 2. The van der Waals surface area contributed by atoms with Crippen molar-refractivity contribution < 1.29 is 0 Å². The Hall–Kier alpha value is -1.97. The number of H-pyrrole nitrogens is 1. The Kier molecular flexibility index (Phi) is 1.47. The fourth-order valence-electron chi connectivity index (χ4n) is 1.68. The summed E-state index contributed by atoms with van der Waals surface area (Å²) in [6.45, 7) is 0. The molecule has 0 bridgehead atoms. The predicted molar refractivity (Wildman–Crippen MR) is 55.1 cm³/mol. The van der Waals surface area contributed by atoms with Gasteiger partial charge in [0.2, 0.25) is 0 Å². The number of hydrogen-bond acceptors (Lipinski definition) is 3. The monoisotopic (exact) mass is 186 g/mol. The predicted octanol–water partition coefficient (Wildman–Crippen LogP) is 1.75. The fraction of sp³-hybridized carbons (Fsp3) is 0.100. The first-order valence-corrected chi connectivity index (χ1v) is 4.55. The van der Waals surface area contributed by atoms with Crippen LogP contribution < -0.4 is 10.9 Å². The van der Waals surface area contributed by atoms with E-state index in [4.69, 9.17) is 0 Å². The molecule has 1 aliphatic heterocycles. The average molecular weight is 186 g/mol. The second-order valence-electron chi connectivity index (χ2n) is 3.35. The lowest BCUT2D eigenvalue weighted by Gasteiger charge is -2.06. The number of nitrogens with one attached hydrogen (secondary N) is 3. The molecule has 0 spiro atoms. The summed E-state index contributed by atoms with van der Waals surface area (Å²) < 4.78 is 0. The number of aromatic nitrogens is 2. The summed E-state index contributed by atoms with van der Waals surface area (Å²) in [5.41, 5.74) is 10.8. The van der Waals surface area contributed by atoms with Crippen LogP contribution in [0.2, 0.25) is 0 Å².